The van der Waals surface area contributed by atoms with Crippen molar-refractivity contribution in [1.82, 2.24) is 5.32 Å². The second-order valence-electron chi connectivity index (χ2n) is 6.52. The molecule has 116 valence electrons. The fraction of sp³-hybridized carbons (Fsp3) is 0.611. The lowest BCUT2D eigenvalue weighted by atomic mass is 9.83. The normalized spacial score (nSPS) is 18.4. The van der Waals surface area contributed by atoms with Crippen molar-refractivity contribution >= 4 is 11.6 Å². The molecule has 21 heavy (non-hydrogen) atoms. The Hall–Kier alpha value is -1.35. The molecule has 1 aromatic rings. The van der Waals surface area contributed by atoms with Crippen molar-refractivity contribution in [3.8, 4) is 0 Å². The smallest absolute Gasteiger partial charge is 0.241 e. The van der Waals surface area contributed by atoms with Crippen LogP contribution in [0.5, 0.6) is 0 Å². The number of hydrogen-bond acceptors (Lipinski definition) is 2. The van der Waals surface area contributed by atoms with E-state index < -0.39 is 0 Å². The average molecular weight is 288 g/mol. The van der Waals surface area contributed by atoms with E-state index in [0.717, 1.165) is 12.2 Å². The summed E-state index contributed by atoms with van der Waals surface area (Å²) in [5.74, 6) is 0.0445. The van der Waals surface area contributed by atoms with Gasteiger partial charge in [0.15, 0.2) is 0 Å². The summed E-state index contributed by atoms with van der Waals surface area (Å²) in [7, 11) is 0. The number of amides is 1. The molecule has 1 saturated carbocycles. The van der Waals surface area contributed by atoms with Gasteiger partial charge in [-0.15, -0.1) is 0 Å². The van der Waals surface area contributed by atoms with E-state index in [-0.39, 0.29) is 11.9 Å². The Labute approximate surface area is 128 Å². The monoisotopic (exact) mass is 288 g/mol. The number of nitrogens with one attached hydrogen (secondary N) is 2. The summed E-state index contributed by atoms with van der Waals surface area (Å²) < 4.78 is 0. The van der Waals surface area contributed by atoms with Gasteiger partial charge in [-0.3, -0.25) is 4.79 Å². The van der Waals surface area contributed by atoms with Crippen molar-refractivity contribution in [3.63, 3.8) is 0 Å². The second kappa shape index (κ2) is 7.08. The molecule has 1 fully saturated rings. The van der Waals surface area contributed by atoms with Crippen LogP contribution < -0.4 is 10.6 Å². The van der Waals surface area contributed by atoms with E-state index in [0.29, 0.717) is 5.41 Å². The molecular formula is C18H28N2O. The quantitative estimate of drug-likeness (QED) is 0.834. The highest BCUT2D eigenvalue weighted by atomic mass is 16.2. The molecule has 0 aliphatic heterocycles. The van der Waals surface area contributed by atoms with Crippen molar-refractivity contribution in [3.05, 3.63) is 29.8 Å². The van der Waals surface area contributed by atoms with Crippen LogP contribution in [0.4, 0.5) is 5.69 Å². The summed E-state index contributed by atoms with van der Waals surface area (Å²) in [4.78, 5) is 12.2. The summed E-state index contributed by atoms with van der Waals surface area (Å²) in [6.07, 6.45) is 6.46. The van der Waals surface area contributed by atoms with Gasteiger partial charge in [0.2, 0.25) is 5.91 Å². The zero-order valence-electron chi connectivity index (χ0n) is 13.5. The molecule has 0 spiro atoms. The van der Waals surface area contributed by atoms with Gasteiger partial charge in [0.05, 0.1) is 6.04 Å². The Morgan fingerprint density at radius 3 is 2.43 bits per heavy atom. The molecule has 0 radical (unpaired) electrons. The highest BCUT2D eigenvalue weighted by Gasteiger charge is 2.32. The van der Waals surface area contributed by atoms with Gasteiger partial charge in [0.1, 0.15) is 0 Å². The molecule has 1 amide bonds. The Kier molecular flexibility index (Phi) is 5.40. The van der Waals surface area contributed by atoms with E-state index in [1.165, 1.54) is 37.7 Å². The SMILES string of the molecule is CCC1(CNC(C)C(=O)Nc2ccc(C)cc2)CCCC1. The van der Waals surface area contributed by atoms with Crippen LogP contribution >= 0.6 is 0 Å². The van der Waals surface area contributed by atoms with Gasteiger partial charge in [-0.05, 0) is 50.7 Å². The minimum absolute atomic E-state index is 0.0445. The molecule has 0 heterocycles. The maximum absolute atomic E-state index is 12.2. The van der Waals surface area contributed by atoms with Crippen LogP contribution in [0.1, 0.15) is 51.5 Å². The van der Waals surface area contributed by atoms with Crippen LogP contribution in [-0.2, 0) is 4.79 Å². The predicted molar refractivity (Wildman–Crippen MR) is 88.5 cm³/mol. The molecular weight excluding hydrogens is 260 g/mol. The third kappa shape index (κ3) is 4.31. The highest BCUT2D eigenvalue weighted by Crippen LogP contribution is 2.40. The van der Waals surface area contributed by atoms with Crippen LogP contribution in [-0.4, -0.2) is 18.5 Å². The lowest BCUT2D eigenvalue weighted by molar-refractivity contribution is -0.117. The van der Waals surface area contributed by atoms with E-state index in [4.69, 9.17) is 0 Å². The topological polar surface area (TPSA) is 41.1 Å². The Morgan fingerprint density at radius 1 is 1.24 bits per heavy atom. The number of aryl methyl sites for hydroxylation is 1. The number of carbonyl (C=O) groups excluding carboxylic acids is 1. The second-order valence-corrected chi connectivity index (χ2v) is 6.52. The number of rotatable bonds is 6. The molecule has 1 aliphatic rings. The number of hydrogen-bond donors (Lipinski definition) is 2. The number of carbonyl (C=O) groups is 1. The van der Waals surface area contributed by atoms with E-state index in [1.807, 2.05) is 38.1 Å². The molecule has 2 rings (SSSR count). The maximum atomic E-state index is 12.2. The minimum atomic E-state index is -0.157. The molecule has 3 heteroatoms. The predicted octanol–water partition coefficient (Wildman–Crippen LogP) is 3.88. The van der Waals surface area contributed by atoms with Crippen LogP contribution in [0.15, 0.2) is 24.3 Å². The van der Waals surface area contributed by atoms with Gasteiger partial charge in [-0.2, -0.15) is 0 Å². The average Bonchev–Trinajstić information content (AvgIpc) is 2.96. The molecule has 1 unspecified atom stereocenters. The van der Waals surface area contributed by atoms with Crippen molar-refractivity contribution < 1.29 is 4.79 Å². The highest BCUT2D eigenvalue weighted by molar-refractivity contribution is 5.94. The Balaban J connectivity index is 1.83. The molecule has 1 atom stereocenters. The largest absolute Gasteiger partial charge is 0.325 e. The van der Waals surface area contributed by atoms with Crippen LogP contribution in [0.2, 0.25) is 0 Å². The first-order valence-electron chi connectivity index (χ1n) is 8.16. The molecule has 0 bridgehead atoms. The van der Waals surface area contributed by atoms with Crippen LogP contribution in [0.3, 0.4) is 0 Å². The van der Waals surface area contributed by atoms with Gasteiger partial charge in [-0.25, -0.2) is 0 Å². The van der Waals surface area contributed by atoms with Crippen molar-refractivity contribution in [2.24, 2.45) is 5.41 Å². The Bertz CT molecular complexity index is 461. The lowest BCUT2D eigenvalue weighted by Gasteiger charge is -2.29. The third-order valence-corrected chi connectivity index (χ3v) is 4.91. The van der Waals surface area contributed by atoms with E-state index >= 15 is 0 Å². The van der Waals surface area contributed by atoms with Crippen LogP contribution in [0.25, 0.3) is 0 Å². The Morgan fingerprint density at radius 2 is 1.86 bits per heavy atom. The van der Waals surface area contributed by atoms with E-state index in [1.54, 1.807) is 0 Å². The molecule has 2 N–H and O–H groups in total. The summed E-state index contributed by atoms with van der Waals surface area (Å²) in [6.45, 7) is 7.21. The van der Waals surface area contributed by atoms with Crippen molar-refractivity contribution in [2.75, 3.05) is 11.9 Å². The fourth-order valence-electron chi connectivity index (χ4n) is 3.13. The zero-order chi connectivity index (χ0) is 15.3. The molecule has 0 saturated heterocycles. The van der Waals surface area contributed by atoms with E-state index in [9.17, 15) is 4.79 Å². The zero-order valence-corrected chi connectivity index (χ0v) is 13.5. The molecule has 0 aromatic heterocycles. The molecule has 1 aromatic carbocycles. The lowest BCUT2D eigenvalue weighted by Crippen LogP contribution is -2.43. The van der Waals surface area contributed by atoms with Gasteiger partial charge in [0.25, 0.3) is 0 Å². The first-order valence-corrected chi connectivity index (χ1v) is 8.16. The van der Waals surface area contributed by atoms with Gasteiger partial charge in [0, 0.05) is 12.2 Å². The maximum Gasteiger partial charge on any atom is 0.241 e. The number of anilines is 1. The summed E-state index contributed by atoms with van der Waals surface area (Å²) >= 11 is 0. The van der Waals surface area contributed by atoms with Gasteiger partial charge in [-0.1, -0.05) is 37.5 Å². The van der Waals surface area contributed by atoms with Crippen molar-refractivity contribution in [2.45, 2.75) is 58.9 Å². The number of benzene rings is 1. The standard InChI is InChI=1S/C18H28N2O/c1-4-18(11-5-6-12-18)13-19-15(3)17(21)20-16-9-7-14(2)8-10-16/h7-10,15,19H,4-6,11-13H2,1-3H3,(H,20,21). The summed E-state index contributed by atoms with van der Waals surface area (Å²) in [5, 5.41) is 6.41. The first kappa shape index (κ1) is 16.0. The molecule has 3 nitrogen and oxygen atoms in total. The van der Waals surface area contributed by atoms with Crippen LogP contribution in [0, 0.1) is 12.3 Å². The third-order valence-electron chi connectivity index (χ3n) is 4.91. The minimum Gasteiger partial charge on any atom is -0.325 e. The summed E-state index contributed by atoms with van der Waals surface area (Å²) in [6, 6.07) is 7.77. The van der Waals surface area contributed by atoms with Crippen molar-refractivity contribution in [1.29, 1.82) is 0 Å². The summed E-state index contributed by atoms with van der Waals surface area (Å²) in [5.41, 5.74) is 2.48. The van der Waals surface area contributed by atoms with E-state index in [2.05, 4.69) is 17.6 Å². The van der Waals surface area contributed by atoms with Gasteiger partial charge < -0.3 is 10.6 Å². The first-order chi connectivity index (χ1) is 10.0. The molecule has 1 aliphatic carbocycles. The van der Waals surface area contributed by atoms with Gasteiger partial charge >= 0.3 is 0 Å². The fourth-order valence-corrected chi connectivity index (χ4v) is 3.13.